The first-order valence-electron chi connectivity index (χ1n) is 6.34. The van der Waals surface area contributed by atoms with Crippen LogP contribution in [0.3, 0.4) is 0 Å². The first-order chi connectivity index (χ1) is 8.88. The molecule has 1 aliphatic heterocycles. The zero-order chi connectivity index (χ0) is 14.0. The van der Waals surface area contributed by atoms with E-state index < -0.39 is 11.7 Å². The van der Waals surface area contributed by atoms with Crippen molar-refractivity contribution in [1.82, 2.24) is 4.90 Å². The summed E-state index contributed by atoms with van der Waals surface area (Å²) in [6.07, 6.45) is -2.46. The third-order valence-corrected chi connectivity index (χ3v) is 3.53. The van der Waals surface area contributed by atoms with E-state index in [2.05, 4.69) is 6.92 Å². The van der Waals surface area contributed by atoms with Crippen molar-refractivity contribution in [1.29, 1.82) is 0 Å². The van der Waals surface area contributed by atoms with Gasteiger partial charge in [0.15, 0.2) is 0 Å². The van der Waals surface area contributed by atoms with Gasteiger partial charge in [0.25, 0.3) is 5.91 Å². The summed E-state index contributed by atoms with van der Waals surface area (Å²) in [6, 6.07) is 4.42. The van der Waals surface area contributed by atoms with E-state index in [0.717, 1.165) is 25.0 Å². The highest BCUT2D eigenvalue weighted by Crippen LogP contribution is 2.29. The van der Waals surface area contributed by atoms with Crippen molar-refractivity contribution in [3.63, 3.8) is 0 Å². The maximum atomic E-state index is 12.4. The number of rotatable bonds is 1. The average Bonchev–Trinajstić information content (AvgIpc) is 2.38. The second-order valence-electron chi connectivity index (χ2n) is 5.05. The molecule has 0 aromatic heterocycles. The molecule has 104 valence electrons. The van der Waals surface area contributed by atoms with E-state index in [4.69, 9.17) is 0 Å². The number of hydrogen-bond acceptors (Lipinski definition) is 1. The van der Waals surface area contributed by atoms with Crippen LogP contribution in [0.25, 0.3) is 0 Å². The molecule has 0 radical (unpaired) electrons. The number of alkyl halides is 3. The lowest BCUT2D eigenvalue weighted by atomic mass is 9.98. The Balaban J connectivity index is 2.08. The number of carbonyl (C=O) groups excluding carboxylic acids is 1. The number of hydrogen-bond donors (Lipinski definition) is 0. The van der Waals surface area contributed by atoms with Crippen LogP contribution in [0.2, 0.25) is 0 Å². The van der Waals surface area contributed by atoms with Gasteiger partial charge >= 0.3 is 6.18 Å². The highest BCUT2D eigenvalue weighted by molar-refractivity contribution is 5.94. The second kappa shape index (κ2) is 5.23. The Morgan fingerprint density at radius 3 is 2.16 bits per heavy atom. The topological polar surface area (TPSA) is 20.3 Å². The molecule has 0 unspecified atom stereocenters. The van der Waals surface area contributed by atoms with Gasteiger partial charge in [-0.15, -0.1) is 0 Å². The number of likely N-dealkylation sites (tertiary alicyclic amines) is 1. The molecule has 1 fully saturated rings. The van der Waals surface area contributed by atoms with Gasteiger partial charge in [0.2, 0.25) is 0 Å². The quantitative estimate of drug-likeness (QED) is 0.764. The molecule has 0 atom stereocenters. The van der Waals surface area contributed by atoms with Crippen molar-refractivity contribution in [3.05, 3.63) is 35.4 Å². The molecule has 1 aromatic carbocycles. The Labute approximate surface area is 110 Å². The molecular weight excluding hydrogens is 255 g/mol. The van der Waals surface area contributed by atoms with Crippen LogP contribution < -0.4 is 0 Å². The third-order valence-electron chi connectivity index (χ3n) is 3.53. The minimum absolute atomic E-state index is 0.180. The molecule has 0 aliphatic carbocycles. The minimum atomic E-state index is -4.36. The van der Waals surface area contributed by atoms with Gasteiger partial charge in [0.05, 0.1) is 5.56 Å². The van der Waals surface area contributed by atoms with Gasteiger partial charge in [-0.2, -0.15) is 13.2 Å². The van der Waals surface area contributed by atoms with E-state index in [9.17, 15) is 18.0 Å². The van der Waals surface area contributed by atoms with Crippen LogP contribution >= 0.6 is 0 Å². The Morgan fingerprint density at radius 1 is 1.16 bits per heavy atom. The molecular formula is C14H16F3NO. The van der Waals surface area contributed by atoms with Crippen molar-refractivity contribution in [2.45, 2.75) is 25.9 Å². The van der Waals surface area contributed by atoms with E-state index in [1.54, 1.807) is 4.90 Å². The summed E-state index contributed by atoms with van der Waals surface area (Å²) in [4.78, 5) is 13.8. The monoisotopic (exact) mass is 271 g/mol. The molecule has 19 heavy (non-hydrogen) atoms. The summed E-state index contributed by atoms with van der Waals surface area (Å²) in [5, 5.41) is 0. The first-order valence-corrected chi connectivity index (χ1v) is 6.34. The molecule has 0 saturated carbocycles. The van der Waals surface area contributed by atoms with Gasteiger partial charge in [-0.25, -0.2) is 0 Å². The van der Waals surface area contributed by atoms with Gasteiger partial charge in [0.1, 0.15) is 0 Å². The maximum absolute atomic E-state index is 12.4. The van der Waals surface area contributed by atoms with Crippen LogP contribution in [-0.4, -0.2) is 23.9 Å². The first kappa shape index (κ1) is 13.9. The van der Waals surface area contributed by atoms with Crippen LogP contribution in [0.4, 0.5) is 13.2 Å². The van der Waals surface area contributed by atoms with E-state index in [1.807, 2.05) is 0 Å². The van der Waals surface area contributed by atoms with E-state index in [1.165, 1.54) is 12.1 Å². The molecule has 1 amide bonds. The molecule has 1 aliphatic rings. The van der Waals surface area contributed by atoms with Crippen LogP contribution in [0.5, 0.6) is 0 Å². The SMILES string of the molecule is CC1CCN(C(=O)c2ccc(C(F)(F)F)cc2)CC1. The Morgan fingerprint density at radius 2 is 1.68 bits per heavy atom. The summed E-state index contributed by atoms with van der Waals surface area (Å²) in [6.45, 7) is 3.50. The van der Waals surface area contributed by atoms with Crippen LogP contribution in [0.15, 0.2) is 24.3 Å². The summed E-state index contributed by atoms with van der Waals surface area (Å²) in [5.41, 5.74) is -0.404. The van der Waals surface area contributed by atoms with Crippen molar-refractivity contribution in [2.75, 3.05) is 13.1 Å². The Kier molecular flexibility index (Phi) is 3.83. The van der Waals surface area contributed by atoms with Gasteiger partial charge in [-0.1, -0.05) is 6.92 Å². The zero-order valence-electron chi connectivity index (χ0n) is 10.7. The number of benzene rings is 1. The van der Waals surface area contributed by atoms with Crippen molar-refractivity contribution >= 4 is 5.91 Å². The van der Waals surface area contributed by atoms with Gasteiger partial charge in [-0.05, 0) is 43.0 Å². The largest absolute Gasteiger partial charge is 0.416 e. The maximum Gasteiger partial charge on any atom is 0.416 e. The summed E-state index contributed by atoms with van der Waals surface area (Å²) in [7, 11) is 0. The van der Waals surface area contributed by atoms with Crippen LogP contribution in [-0.2, 0) is 6.18 Å². The summed E-state index contributed by atoms with van der Waals surface area (Å²) in [5.74, 6) is 0.428. The number of carbonyl (C=O) groups is 1. The lowest BCUT2D eigenvalue weighted by Crippen LogP contribution is -2.37. The van der Waals surface area contributed by atoms with Crippen LogP contribution in [0.1, 0.15) is 35.7 Å². The average molecular weight is 271 g/mol. The van der Waals surface area contributed by atoms with Gasteiger partial charge < -0.3 is 4.90 Å². The molecule has 0 bridgehead atoms. The fourth-order valence-corrected chi connectivity index (χ4v) is 2.20. The predicted octanol–water partition coefficient (Wildman–Crippen LogP) is 3.58. The van der Waals surface area contributed by atoms with E-state index in [0.29, 0.717) is 24.6 Å². The lowest BCUT2D eigenvalue weighted by molar-refractivity contribution is -0.137. The summed E-state index contributed by atoms with van der Waals surface area (Å²) < 4.78 is 37.3. The Hall–Kier alpha value is -1.52. The molecule has 2 rings (SSSR count). The fraction of sp³-hybridized carbons (Fsp3) is 0.500. The summed E-state index contributed by atoms with van der Waals surface area (Å²) >= 11 is 0. The third kappa shape index (κ3) is 3.28. The molecule has 0 N–H and O–H groups in total. The number of amides is 1. The second-order valence-corrected chi connectivity index (χ2v) is 5.05. The fourth-order valence-electron chi connectivity index (χ4n) is 2.20. The van der Waals surface area contributed by atoms with Crippen LogP contribution in [0, 0.1) is 5.92 Å². The molecule has 2 nitrogen and oxygen atoms in total. The number of halogens is 3. The zero-order valence-corrected chi connectivity index (χ0v) is 10.7. The van der Waals surface area contributed by atoms with E-state index in [-0.39, 0.29) is 5.91 Å². The number of nitrogens with zero attached hydrogens (tertiary/aromatic N) is 1. The lowest BCUT2D eigenvalue weighted by Gasteiger charge is -2.30. The van der Waals surface area contributed by atoms with Crippen molar-refractivity contribution in [3.8, 4) is 0 Å². The normalized spacial score (nSPS) is 17.6. The van der Waals surface area contributed by atoms with Crippen molar-refractivity contribution in [2.24, 2.45) is 5.92 Å². The minimum Gasteiger partial charge on any atom is -0.339 e. The smallest absolute Gasteiger partial charge is 0.339 e. The number of piperidine rings is 1. The molecule has 1 saturated heterocycles. The van der Waals surface area contributed by atoms with Gasteiger partial charge in [-0.3, -0.25) is 4.79 Å². The molecule has 5 heteroatoms. The highest BCUT2D eigenvalue weighted by atomic mass is 19.4. The molecule has 1 heterocycles. The predicted molar refractivity (Wildman–Crippen MR) is 65.7 cm³/mol. The van der Waals surface area contributed by atoms with E-state index >= 15 is 0 Å². The Bertz CT molecular complexity index is 445. The van der Waals surface area contributed by atoms with Crippen molar-refractivity contribution < 1.29 is 18.0 Å². The standard InChI is InChI=1S/C14H16F3NO/c1-10-6-8-18(9-7-10)13(19)11-2-4-12(5-3-11)14(15,16)17/h2-5,10H,6-9H2,1H3. The highest BCUT2D eigenvalue weighted by Gasteiger charge is 2.30. The molecule has 0 spiro atoms. The van der Waals surface area contributed by atoms with Gasteiger partial charge in [0, 0.05) is 18.7 Å². The molecule has 1 aromatic rings.